The maximum atomic E-state index is 5.45. The molecule has 0 saturated carbocycles. The van der Waals surface area contributed by atoms with Gasteiger partial charge in [-0.3, -0.25) is 0 Å². The molecule has 150 valence electrons. The second-order valence-electron chi connectivity index (χ2n) is 5.13. The predicted molar refractivity (Wildman–Crippen MR) is 96.2 cm³/mol. The van der Waals surface area contributed by atoms with Gasteiger partial charge in [0, 0.05) is 33.5 Å². The molecular formula is C18H36O7. The number of methoxy groups -OCH3 is 1. The molecule has 0 amide bonds. The van der Waals surface area contributed by atoms with Crippen molar-refractivity contribution in [3.63, 3.8) is 0 Å². The van der Waals surface area contributed by atoms with E-state index in [9.17, 15) is 0 Å². The lowest BCUT2D eigenvalue weighted by Gasteiger charge is -2.08. The minimum absolute atomic E-state index is 0.559. The van der Waals surface area contributed by atoms with Crippen LogP contribution in [0.1, 0.15) is 12.8 Å². The molecule has 0 unspecified atom stereocenters. The molecule has 0 aliphatic rings. The van der Waals surface area contributed by atoms with Crippen LogP contribution in [0.2, 0.25) is 0 Å². The lowest BCUT2D eigenvalue weighted by atomic mass is 10.4. The number of rotatable bonds is 22. The van der Waals surface area contributed by atoms with Gasteiger partial charge in [-0.25, -0.2) is 0 Å². The van der Waals surface area contributed by atoms with Gasteiger partial charge in [0.05, 0.1) is 59.5 Å². The van der Waals surface area contributed by atoms with Crippen molar-refractivity contribution in [3.8, 4) is 0 Å². The second-order valence-corrected chi connectivity index (χ2v) is 5.13. The largest absolute Gasteiger partial charge is 0.385 e. The third-order valence-electron chi connectivity index (χ3n) is 2.94. The minimum atomic E-state index is 0.559. The molecular weight excluding hydrogens is 328 g/mol. The summed E-state index contributed by atoms with van der Waals surface area (Å²) in [5.41, 5.74) is 0. The molecule has 0 rings (SSSR count). The van der Waals surface area contributed by atoms with E-state index in [-0.39, 0.29) is 0 Å². The highest BCUT2D eigenvalue weighted by Gasteiger charge is 1.94. The molecule has 0 aromatic carbocycles. The van der Waals surface area contributed by atoms with Crippen molar-refractivity contribution in [1.82, 2.24) is 0 Å². The first kappa shape index (κ1) is 24.5. The summed E-state index contributed by atoms with van der Waals surface area (Å²) in [5, 5.41) is 0. The van der Waals surface area contributed by atoms with Gasteiger partial charge in [0.1, 0.15) is 0 Å². The normalized spacial score (nSPS) is 11.1. The molecule has 0 heterocycles. The molecule has 0 radical (unpaired) electrons. The summed E-state index contributed by atoms with van der Waals surface area (Å²) < 4.78 is 37.2. The van der Waals surface area contributed by atoms with Crippen molar-refractivity contribution in [1.29, 1.82) is 0 Å². The van der Waals surface area contributed by atoms with Gasteiger partial charge in [0.15, 0.2) is 0 Å². The van der Waals surface area contributed by atoms with Crippen molar-refractivity contribution in [2.24, 2.45) is 0 Å². The van der Waals surface area contributed by atoms with Crippen LogP contribution in [-0.4, -0.2) is 93.0 Å². The van der Waals surface area contributed by atoms with E-state index in [4.69, 9.17) is 33.2 Å². The Kier molecular flexibility index (Phi) is 23.0. The highest BCUT2D eigenvalue weighted by atomic mass is 16.6. The summed E-state index contributed by atoms with van der Waals surface area (Å²) in [6.07, 6.45) is 3.55. The topological polar surface area (TPSA) is 64.6 Å². The Morgan fingerprint density at radius 1 is 0.520 bits per heavy atom. The standard InChI is InChI=1S/C18H36O7/c1-3-6-20-11-13-23-15-17-25-18-16-24-14-12-22-10-5-9-21-8-4-7-19-2/h3H,1,4-18H2,2H3. The van der Waals surface area contributed by atoms with Gasteiger partial charge in [-0.15, -0.1) is 6.58 Å². The molecule has 0 atom stereocenters. The molecule has 25 heavy (non-hydrogen) atoms. The third kappa shape index (κ3) is 23.5. The van der Waals surface area contributed by atoms with E-state index in [1.165, 1.54) is 0 Å². The fourth-order valence-electron chi connectivity index (χ4n) is 1.72. The summed E-state index contributed by atoms with van der Waals surface area (Å²) in [6, 6.07) is 0. The first-order valence-electron chi connectivity index (χ1n) is 8.98. The van der Waals surface area contributed by atoms with Crippen LogP contribution in [-0.2, 0) is 33.2 Å². The lowest BCUT2D eigenvalue weighted by molar-refractivity contribution is -0.0110. The van der Waals surface area contributed by atoms with Crippen LogP contribution < -0.4 is 0 Å². The number of ether oxygens (including phenoxy) is 7. The van der Waals surface area contributed by atoms with E-state index in [1.54, 1.807) is 13.2 Å². The summed E-state index contributed by atoms with van der Waals surface area (Å²) in [5.74, 6) is 0. The number of hydrogen-bond acceptors (Lipinski definition) is 7. The molecule has 0 fully saturated rings. The van der Waals surface area contributed by atoms with Crippen molar-refractivity contribution in [2.75, 3.05) is 93.0 Å². The minimum Gasteiger partial charge on any atom is -0.385 e. The van der Waals surface area contributed by atoms with E-state index >= 15 is 0 Å². The fraction of sp³-hybridized carbons (Fsp3) is 0.889. The monoisotopic (exact) mass is 364 g/mol. The van der Waals surface area contributed by atoms with Crippen LogP contribution in [0.5, 0.6) is 0 Å². The third-order valence-corrected chi connectivity index (χ3v) is 2.94. The molecule has 7 nitrogen and oxygen atoms in total. The Hall–Kier alpha value is -0.540. The second kappa shape index (κ2) is 23.5. The van der Waals surface area contributed by atoms with E-state index in [1.807, 2.05) is 0 Å². The van der Waals surface area contributed by atoms with Gasteiger partial charge in [0.25, 0.3) is 0 Å². The van der Waals surface area contributed by atoms with E-state index in [0.29, 0.717) is 66.1 Å². The molecule has 0 aromatic rings. The SMILES string of the molecule is C=CCOCCOCCOCCOCCOCCCOCCCOC. The average molecular weight is 364 g/mol. The highest BCUT2D eigenvalue weighted by Crippen LogP contribution is 1.89. The quantitative estimate of drug-likeness (QED) is 0.214. The molecule has 0 spiro atoms. The van der Waals surface area contributed by atoms with Crippen LogP contribution in [0, 0.1) is 0 Å². The Balaban J connectivity index is 2.95. The van der Waals surface area contributed by atoms with Gasteiger partial charge < -0.3 is 33.2 Å². The molecule has 7 heteroatoms. The van der Waals surface area contributed by atoms with Gasteiger partial charge in [-0.2, -0.15) is 0 Å². The molecule has 0 saturated heterocycles. The summed E-state index contributed by atoms with van der Waals surface area (Å²) >= 11 is 0. The van der Waals surface area contributed by atoms with Gasteiger partial charge in [-0.05, 0) is 12.8 Å². The molecule has 0 aromatic heterocycles. The predicted octanol–water partition coefficient (Wildman–Crippen LogP) is 1.70. The van der Waals surface area contributed by atoms with Crippen molar-refractivity contribution >= 4 is 0 Å². The van der Waals surface area contributed by atoms with Crippen molar-refractivity contribution in [2.45, 2.75) is 12.8 Å². The van der Waals surface area contributed by atoms with Crippen LogP contribution >= 0.6 is 0 Å². The van der Waals surface area contributed by atoms with E-state index in [0.717, 1.165) is 32.7 Å². The van der Waals surface area contributed by atoms with Gasteiger partial charge in [0.2, 0.25) is 0 Å². The number of hydrogen-bond donors (Lipinski definition) is 0. The molecule has 0 aliphatic carbocycles. The van der Waals surface area contributed by atoms with Gasteiger partial charge >= 0.3 is 0 Å². The Bertz CT molecular complexity index is 252. The van der Waals surface area contributed by atoms with Gasteiger partial charge in [-0.1, -0.05) is 6.08 Å². The molecule has 0 aliphatic heterocycles. The molecule has 0 bridgehead atoms. The van der Waals surface area contributed by atoms with Crippen LogP contribution in [0.4, 0.5) is 0 Å². The zero-order chi connectivity index (χ0) is 18.3. The van der Waals surface area contributed by atoms with E-state index in [2.05, 4.69) is 6.58 Å². The van der Waals surface area contributed by atoms with Crippen LogP contribution in [0.25, 0.3) is 0 Å². The van der Waals surface area contributed by atoms with Crippen molar-refractivity contribution < 1.29 is 33.2 Å². The van der Waals surface area contributed by atoms with Crippen molar-refractivity contribution in [3.05, 3.63) is 12.7 Å². The average Bonchev–Trinajstić information content (AvgIpc) is 2.63. The fourth-order valence-corrected chi connectivity index (χ4v) is 1.72. The zero-order valence-corrected chi connectivity index (χ0v) is 15.7. The Morgan fingerprint density at radius 2 is 0.880 bits per heavy atom. The summed E-state index contributed by atoms with van der Waals surface area (Å²) in [4.78, 5) is 0. The maximum Gasteiger partial charge on any atom is 0.0704 e. The maximum absolute atomic E-state index is 5.45. The first-order chi connectivity index (χ1) is 12.4. The highest BCUT2D eigenvalue weighted by molar-refractivity contribution is 4.63. The zero-order valence-electron chi connectivity index (χ0n) is 15.7. The summed E-state index contributed by atoms with van der Waals surface area (Å²) in [7, 11) is 1.69. The van der Waals surface area contributed by atoms with Crippen LogP contribution in [0.15, 0.2) is 12.7 Å². The first-order valence-corrected chi connectivity index (χ1v) is 8.98. The smallest absolute Gasteiger partial charge is 0.0704 e. The lowest BCUT2D eigenvalue weighted by Crippen LogP contribution is -2.13. The molecule has 0 N–H and O–H groups in total. The Labute approximate surface area is 152 Å². The Morgan fingerprint density at radius 3 is 1.32 bits per heavy atom. The van der Waals surface area contributed by atoms with E-state index < -0.39 is 0 Å². The van der Waals surface area contributed by atoms with Crippen LogP contribution in [0.3, 0.4) is 0 Å². The summed E-state index contributed by atoms with van der Waals surface area (Å²) in [6.45, 7) is 11.6.